The second-order valence-electron chi connectivity index (χ2n) is 5.21. The maximum atomic E-state index is 4.57. The lowest BCUT2D eigenvalue weighted by Crippen LogP contribution is -2.27. The Hall–Kier alpha value is -1.09. The molecular formula is C15H25N3. The van der Waals surface area contributed by atoms with Gasteiger partial charge in [0.15, 0.2) is 0 Å². The number of nitrogens with one attached hydrogen (secondary N) is 1. The number of pyridine rings is 1. The molecule has 2 heterocycles. The molecule has 1 saturated heterocycles. The summed E-state index contributed by atoms with van der Waals surface area (Å²) in [6.07, 6.45) is 8.82. The SMILES string of the molecule is CNC(C)c1ccc(N2CCCCCCC2)cn1. The quantitative estimate of drug-likeness (QED) is 0.889. The van der Waals surface area contributed by atoms with Gasteiger partial charge < -0.3 is 10.2 Å². The van der Waals surface area contributed by atoms with Crippen LogP contribution in [0.15, 0.2) is 18.3 Å². The van der Waals surface area contributed by atoms with Gasteiger partial charge in [-0.2, -0.15) is 0 Å². The zero-order valence-electron chi connectivity index (χ0n) is 11.7. The van der Waals surface area contributed by atoms with Gasteiger partial charge in [0, 0.05) is 19.1 Å². The Bertz CT molecular complexity index is 339. The summed E-state index contributed by atoms with van der Waals surface area (Å²) in [5.41, 5.74) is 2.40. The van der Waals surface area contributed by atoms with E-state index in [0.717, 1.165) is 5.69 Å². The average Bonchev–Trinajstić information content (AvgIpc) is 2.38. The molecule has 1 atom stereocenters. The van der Waals surface area contributed by atoms with E-state index in [0.29, 0.717) is 6.04 Å². The highest BCUT2D eigenvalue weighted by molar-refractivity contribution is 5.44. The predicted octanol–water partition coefficient (Wildman–Crippen LogP) is 3.13. The molecule has 0 radical (unpaired) electrons. The zero-order chi connectivity index (χ0) is 12.8. The van der Waals surface area contributed by atoms with Gasteiger partial charge in [0.25, 0.3) is 0 Å². The number of anilines is 1. The van der Waals surface area contributed by atoms with E-state index in [-0.39, 0.29) is 0 Å². The molecule has 0 amide bonds. The Morgan fingerprint density at radius 2 is 1.78 bits per heavy atom. The van der Waals surface area contributed by atoms with Gasteiger partial charge >= 0.3 is 0 Å². The summed E-state index contributed by atoms with van der Waals surface area (Å²) in [6, 6.07) is 4.69. The van der Waals surface area contributed by atoms with Crippen LogP contribution in [0.25, 0.3) is 0 Å². The summed E-state index contributed by atoms with van der Waals surface area (Å²) < 4.78 is 0. The Kier molecular flexibility index (Phi) is 5.00. The van der Waals surface area contributed by atoms with Gasteiger partial charge in [0.1, 0.15) is 0 Å². The first-order valence-electron chi connectivity index (χ1n) is 7.19. The fourth-order valence-electron chi connectivity index (χ4n) is 2.49. The molecule has 1 aromatic heterocycles. The van der Waals surface area contributed by atoms with Gasteiger partial charge in [-0.25, -0.2) is 0 Å². The third-order valence-corrected chi connectivity index (χ3v) is 3.87. The molecule has 1 aromatic rings. The van der Waals surface area contributed by atoms with E-state index in [9.17, 15) is 0 Å². The van der Waals surface area contributed by atoms with Gasteiger partial charge in [-0.15, -0.1) is 0 Å². The van der Waals surface area contributed by atoms with Crippen LogP contribution in [-0.2, 0) is 0 Å². The number of nitrogens with zero attached hydrogens (tertiary/aromatic N) is 2. The first-order chi connectivity index (χ1) is 8.81. The lowest BCUT2D eigenvalue weighted by atomic mass is 10.1. The van der Waals surface area contributed by atoms with Crippen LogP contribution in [0, 0.1) is 0 Å². The van der Waals surface area contributed by atoms with Crippen LogP contribution in [0.5, 0.6) is 0 Å². The molecule has 0 spiro atoms. The van der Waals surface area contributed by atoms with Crippen molar-refractivity contribution in [1.82, 2.24) is 10.3 Å². The maximum Gasteiger partial charge on any atom is 0.0571 e. The van der Waals surface area contributed by atoms with Crippen LogP contribution < -0.4 is 10.2 Å². The molecule has 100 valence electrons. The first-order valence-corrected chi connectivity index (χ1v) is 7.19. The summed E-state index contributed by atoms with van der Waals surface area (Å²) >= 11 is 0. The van der Waals surface area contributed by atoms with E-state index >= 15 is 0 Å². The Balaban J connectivity index is 2.02. The van der Waals surface area contributed by atoms with Crippen LogP contribution in [0.1, 0.15) is 50.8 Å². The van der Waals surface area contributed by atoms with Crippen molar-refractivity contribution in [2.24, 2.45) is 0 Å². The average molecular weight is 247 g/mol. The highest BCUT2D eigenvalue weighted by atomic mass is 15.1. The minimum atomic E-state index is 0.325. The number of hydrogen-bond acceptors (Lipinski definition) is 3. The molecule has 1 unspecified atom stereocenters. The molecule has 0 saturated carbocycles. The van der Waals surface area contributed by atoms with Crippen LogP contribution in [-0.4, -0.2) is 25.1 Å². The fraction of sp³-hybridized carbons (Fsp3) is 0.667. The highest BCUT2D eigenvalue weighted by Gasteiger charge is 2.10. The van der Waals surface area contributed by atoms with Gasteiger partial charge in [0.2, 0.25) is 0 Å². The molecule has 1 aliphatic heterocycles. The van der Waals surface area contributed by atoms with Crippen LogP contribution in [0.4, 0.5) is 5.69 Å². The van der Waals surface area contributed by atoms with Crippen molar-refractivity contribution >= 4 is 5.69 Å². The van der Waals surface area contributed by atoms with Crippen molar-refractivity contribution in [3.63, 3.8) is 0 Å². The van der Waals surface area contributed by atoms with Crippen molar-refractivity contribution in [3.8, 4) is 0 Å². The monoisotopic (exact) mass is 247 g/mol. The summed E-state index contributed by atoms with van der Waals surface area (Å²) in [7, 11) is 1.97. The van der Waals surface area contributed by atoms with Gasteiger partial charge in [-0.3, -0.25) is 4.98 Å². The molecule has 1 fully saturated rings. The molecule has 0 bridgehead atoms. The van der Waals surface area contributed by atoms with E-state index < -0.39 is 0 Å². The first kappa shape index (κ1) is 13.3. The van der Waals surface area contributed by atoms with Crippen molar-refractivity contribution in [2.45, 2.75) is 45.1 Å². The second kappa shape index (κ2) is 6.74. The molecule has 2 rings (SSSR count). The van der Waals surface area contributed by atoms with Crippen molar-refractivity contribution in [2.75, 3.05) is 25.0 Å². The lowest BCUT2D eigenvalue weighted by Gasteiger charge is -2.26. The van der Waals surface area contributed by atoms with Gasteiger partial charge in [-0.05, 0) is 38.9 Å². The Labute approximate surface area is 111 Å². The standard InChI is InChI=1S/C15H25N3/c1-13(16-2)15-9-8-14(12-17-15)18-10-6-4-3-5-7-11-18/h8-9,12-13,16H,3-7,10-11H2,1-2H3. The summed E-state index contributed by atoms with van der Waals surface area (Å²) in [5.74, 6) is 0. The van der Waals surface area contributed by atoms with Crippen molar-refractivity contribution < 1.29 is 0 Å². The predicted molar refractivity (Wildman–Crippen MR) is 77.0 cm³/mol. The molecule has 1 N–H and O–H groups in total. The third kappa shape index (κ3) is 3.45. The number of rotatable bonds is 3. The maximum absolute atomic E-state index is 4.57. The smallest absolute Gasteiger partial charge is 0.0571 e. The molecular weight excluding hydrogens is 222 g/mol. The normalized spacial score (nSPS) is 19.1. The molecule has 0 aliphatic carbocycles. The number of hydrogen-bond donors (Lipinski definition) is 1. The third-order valence-electron chi connectivity index (χ3n) is 3.87. The lowest BCUT2D eigenvalue weighted by molar-refractivity contribution is 0.555. The largest absolute Gasteiger partial charge is 0.370 e. The minimum absolute atomic E-state index is 0.325. The molecule has 3 nitrogen and oxygen atoms in total. The van der Waals surface area contributed by atoms with Gasteiger partial charge in [0.05, 0.1) is 17.6 Å². The van der Waals surface area contributed by atoms with E-state index in [1.54, 1.807) is 0 Å². The molecule has 1 aliphatic rings. The Morgan fingerprint density at radius 1 is 1.11 bits per heavy atom. The van der Waals surface area contributed by atoms with E-state index in [4.69, 9.17) is 0 Å². The van der Waals surface area contributed by atoms with Gasteiger partial charge in [-0.1, -0.05) is 19.3 Å². The van der Waals surface area contributed by atoms with Crippen molar-refractivity contribution in [1.29, 1.82) is 0 Å². The Morgan fingerprint density at radius 3 is 2.33 bits per heavy atom. The summed E-state index contributed by atoms with van der Waals surface area (Å²) in [5, 5.41) is 3.22. The molecule has 18 heavy (non-hydrogen) atoms. The van der Waals surface area contributed by atoms with E-state index in [1.165, 1.54) is 50.9 Å². The summed E-state index contributed by atoms with van der Waals surface area (Å²) in [4.78, 5) is 7.06. The van der Waals surface area contributed by atoms with E-state index in [1.807, 2.05) is 13.2 Å². The van der Waals surface area contributed by atoms with E-state index in [2.05, 4.69) is 34.3 Å². The number of aromatic nitrogens is 1. The zero-order valence-corrected chi connectivity index (χ0v) is 11.7. The minimum Gasteiger partial charge on any atom is -0.370 e. The van der Waals surface area contributed by atoms with Crippen LogP contribution >= 0.6 is 0 Å². The van der Waals surface area contributed by atoms with Crippen LogP contribution in [0.3, 0.4) is 0 Å². The van der Waals surface area contributed by atoms with Crippen LogP contribution in [0.2, 0.25) is 0 Å². The second-order valence-corrected chi connectivity index (χ2v) is 5.21. The van der Waals surface area contributed by atoms with Crippen molar-refractivity contribution in [3.05, 3.63) is 24.0 Å². The molecule has 0 aromatic carbocycles. The highest BCUT2D eigenvalue weighted by Crippen LogP contribution is 2.20. The topological polar surface area (TPSA) is 28.2 Å². The summed E-state index contributed by atoms with van der Waals surface area (Å²) in [6.45, 7) is 4.50. The molecule has 3 heteroatoms. The fourth-order valence-corrected chi connectivity index (χ4v) is 2.49.